The molecule has 0 aliphatic heterocycles. The number of fused-ring (bicyclic) bond motifs is 3. The van der Waals surface area contributed by atoms with E-state index in [1.165, 1.54) is 0 Å². The lowest BCUT2D eigenvalue weighted by Crippen LogP contribution is -2.54. The van der Waals surface area contributed by atoms with E-state index in [0.717, 1.165) is 38.5 Å². The van der Waals surface area contributed by atoms with Gasteiger partial charge in [0.25, 0.3) is 12.9 Å². The Morgan fingerprint density at radius 2 is 1.75 bits per heavy atom. The molecule has 3 saturated carbocycles. The van der Waals surface area contributed by atoms with Gasteiger partial charge in [0, 0.05) is 11.3 Å². The molecule has 5 heteroatoms. The number of aliphatic hydroxyl groups is 1. The van der Waals surface area contributed by atoms with Gasteiger partial charge in [-0.2, -0.15) is 0 Å². The molecule has 0 aromatic carbocycles. The summed E-state index contributed by atoms with van der Waals surface area (Å²) in [5, 5.41) is 10.5. The minimum absolute atomic E-state index is 0.0414. The summed E-state index contributed by atoms with van der Waals surface area (Å²) in [6.07, 6.45) is 5.99. The molecule has 3 fully saturated rings. The van der Waals surface area contributed by atoms with Gasteiger partial charge in [-0.05, 0) is 61.7 Å². The first kappa shape index (κ1) is 17.7. The van der Waals surface area contributed by atoms with Crippen LogP contribution in [0.25, 0.3) is 0 Å². The van der Waals surface area contributed by atoms with Crippen LogP contribution in [0.1, 0.15) is 52.4 Å². The first-order chi connectivity index (χ1) is 11.5. The normalized spacial score (nSPS) is 47.4. The monoisotopic (exact) mass is 338 g/mol. The van der Waals surface area contributed by atoms with Crippen LogP contribution in [0.3, 0.4) is 0 Å². The molecule has 3 aliphatic rings. The van der Waals surface area contributed by atoms with E-state index in [2.05, 4.69) is 13.8 Å². The molecular formula is C19H30O5. The van der Waals surface area contributed by atoms with Crippen molar-refractivity contribution in [3.8, 4) is 0 Å². The van der Waals surface area contributed by atoms with E-state index in [9.17, 15) is 14.7 Å². The van der Waals surface area contributed by atoms with Gasteiger partial charge in [0.1, 0.15) is 0 Å². The summed E-state index contributed by atoms with van der Waals surface area (Å²) >= 11 is 0. The maximum Gasteiger partial charge on any atom is 0.293 e. The van der Waals surface area contributed by atoms with Crippen LogP contribution < -0.4 is 0 Å². The van der Waals surface area contributed by atoms with Gasteiger partial charge in [-0.1, -0.05) is 13.8 Å². The van der Waals surface area contributed by atoms with Crippen molar-refractivity contribution in [1.29, 1.82) is 0 Å². The number of hydrogen-bond acceptors (Lipinski definition) is 5. The molecule has 0 aromatic heterocycles. The van der Waals surface area contributed by atoms with Crippen molar-refractivity contribution in [3.05, 3.63) is 0 Å². The van der Waals surface area contributed by atoms with Crippen LogP contribution in [0.2, 0.25) is 0 Å². The molecule has 0 radical (unpaired) electrons. The van der Waals surface area contributed by atoms with Gasteiger partial charge in [0.05, 0.1) is 19.3 Å². The molecule has 1 N–H and O–H groups in total. The minimum atomic E-state index is -0.183. The van der Waals surface area contributed by atoms with Crippen molar-refractivity contribution in [2.24, 2.45) is 34.5 Å². The van der Waals surface area contributed by atoms with Crippen LogP contribution in [0.15, 0.2) is 0 Å². The summed E-state index contributed by atoms with van der Waals surface area (Å²) in [6, 6.07) is 0. The summed E-state index contributed by atoms with van der Waals surface area (Å²) in [7, 11) is 0. The predicted molar refractivity (Wildman–Crippen MR) is 87.9 cm³/mol. The summed E-state index contributed by atoms with van der Waals surface area (Å²) in [6.45, 7) is 6.27. The van der Waals surface area contributed by atoms with E-state index in [1.54, 1.807) is 0 Å². The van der Waals surface area contributed by atoms with Gasteiger partial charge < -0.3 is 14.6 Å². The summed E-state index contributed by atoms with van der Waals surface area (Å²) < 4.78 is 10.3. The van der Waals surface area contributed by atoms with Crippen LogP contribution in [0.4, 0.5) is 0 Å². The Morgan fingerprint density at radius 1 is 1.00 bits per heavy atom. The minimum Gasteiger partial charge on any atom is -0.468 e. The Kier molecular flexibility index (Phi) is 4.92. The second-order valence-corrected chi connectivity index (χ2v) is 8.63. The van der Waals surface area contributed by atoms with Crippen molar-refractivity contribution in [2.45, 2.75) is 58.5 Å². The van der Waals surface area contributed by atoms with Crippen LogP contribution in [-0.4, -0.2) is 37.4 Å². The van der Waals surface area contributed by atoms with Crippen molar-refractivity contribution >= 4 is 12.9 Å². The van der Waals surface area contributed by atoms with E-state index in [-0.39, 0.29) is 22.9 Å². The lowest BCUT2D eigenvalue weighted by Gasteiger charge is -2.58. The topological polar surface area (TPSA) is 72.8 Å². The highest BCUT2D eigenvalue weighted by Crippen LogP contribution is 2.63. The van der Waals surface area contributed by atoms with Gasteiger partial charge in [-0.25, -0.2) is 0 Å². The Morgan fingerprint density at radius 3 is 2.46 bits per heavy atom. The lowest BCUT2D eigenvalue weighted by atomic mass is 9.48. The molecule has 3 rings (SSSR count). The van der Waals surface area contributed by atoms with E-state index in [0.29, 0.717) is 43.9 Å². The zero-order chi connectivity index (χ0) is 17.4. The zero-order valence-corrected chi connectivity index (χ0v) is 14.8. The Hall–Kier alpha value is -1.10. The smallest absolute Gasteiger partial charge is 0.293 e. The average Bonchev–Trinajstić information content (AvgIpc) is 2.88. The highest BCUT2D eigenvalue weighted by molar-refractivity contribution is 5.37. The second-order valence-electron chi connectivity index (χ2n) is 8.63. The van der Waals surface area contributed by atoms with Crippen molar-refractivity contribution in [1.82, 2.24) is 0 Å². The first-order valence-electron chi connectivity index (χ1n) is 9.26. The van der Waals surface area contributed by atoms with Gasteiger partial charge in [0.2, 0.25) is 0 Å². The molecular weight excluding hydrogens is 308 g/mol. The summed E-state index contributed by atoms with van der Waals surface area (Å²) in [5.41, 5.74) is -0.124. The molecule has 0 bridgehead atoms. The summed E-state index contributed by atoms with van der Waals surface area (Å²) in [5.74, 6) is 1.79. The number of rotatable bonds is 6. The third kappa shape index (κ3) is 2.65. The SMILES string of the molecule is C[C@]1(COC=O)[C@H](COC=O)CC[C@@H]2[C@@H]1CC[C@]1(C)C(O)CC[C@@H]21. The zero-order valence-electron chi connectivity index (χ0n) is 14.8. The molecule has 0 saturated heterocycles. The highest BCUT2D eigenvalue weighted by Gasteiger charge is 2.59. The van der Waals surface area contributed by atoms with Gasteiger partial charge in [-0.15, -0.1) is 0 Å². The third-order valence-corrected chi connectivity index (χ3v) is 7.84. The van der Waals surface area contributed by atoms with Crippen molar-refractivity contribution < 1.29 is 24.2 Å². The average molecular weight is 338 g/mol. The Labute approximate surface area is 144 Å². The van der Waals surface area contributed by atoms with Gasteiger partial charge >= 0.3 is 0 Å². The molecule has 7 atom stereocenters. The van der Waals surface area contributed by atoms with Crippen LogP contribution in [0, 0.1) is 34.5 Å². The standard InChI is InChI=1S/C19H30O5/c1-18-8-7-16-14(15(18)5-6-17(18)22)4-3-13(9-23-11-20)19(16,2)10-24-12-21/h11-17,22H,3-10H2,1-2H3/t13-,14-,15-,16-,17?,18-,19-/m0/s1. The quantitative estimate of drug-likeness (QED) is 0.754. The molecule has 0 spiro atoms. The number of aliphatic hydroxyl groups excluding tert-OH is 1. The molecule has 1 unspecified atom stereocenters. The molecule has 24 heavy (non-hydrogen) atoms. The maximum absolute atomic E-state index is 10.8. The van der Waals surface area contributed by atoms with Gasteiger partial charge in [0.15, 0.2) is 0 Å². The van der Waals surface area contributed by atoms with E-state index in [4.69, 9.17) is 9.47 Å². The fraction of sp³-hybridized carbons (Fsp3) is 0.895. The molecule has 136 valence electrons. The first-order valence-corrected chi connectivity index (χ1v) is 9.26. The number of hydrogen-bond donors (Lipinski definition) is 1. The Bertz CT molecular complexity index is 480. The van der Waals surface area contributed by atoms with E-state index < -0.39 is 0 Å². The highest BCUT2D eigenvalue weighted by atomic mass is 16.5. The number of ether oxygens (including phenoxy) is 2. The van der Waals surface area contributed by atoms with Crippen molar-refractivity contribution in [3.63, 3.8) is 0 Å². The van der Waals surface area contributed by atoms with Crippen LogP contribution >= 0.6 is 0 Å². The van der Waals surface area contributed by atoms with E-state index >= 15 is 0 Å². The number of carbonyl (C=O) groups excluding carboxylic acids is 2. The predicted octanol–water partition coefficient (Wildman–Crippen LogP) is 2.55. The van der Waals surface area contributed by atoms with Gasteiger partial charge in [-0.3, -0.25) is 9.59 Å². The molecule has 0 heterocycles. The van der Waals surface area contributed by atoms with Crippen LogP contribution in [-0.2, 0) is 19.1 Å². The maximum atomic E-state index is 10.8. The third-order valence-electron chi connectivity index (χ3n) is 7.84. The molecule has 0 aromatic rings. The fourth-order valence-corrected chi connectivity index (χ4v) is 6.38. The van der Waals surface area contributed by atoms with Crippen molar-refractivity contribution in [2.75, 3.05) is 13.2 Å². The number of carbonyl (C=O) groups is 2. The lowest BCUT2D eigenvalue weighted by molar-refractivity contribution is -0.159. The molecule has 5 nitrogen and oxygen atoms in total. The fourth-order valence-electron chi connectivity index (χ4n) is 6.38. The Balaban J connectivity index is 1.85. The summed E-state index contributed by atoms with van der Waals surface area (Å²) in [4.78, 5) is 21.5. The van der Waals surface area contributed by atoms with Crippen LogP contribution in [0.5, 0.6) is 0 Å². The molecule has 0 amide bonds. The van der Waals surface area contributed by atoms with E-state index in [1.807, 2.05) is 0 Å². The molecule has 3 aliphatic carbocycles. The largest absolute Gasteiger partial charge is 0.468 e. The second kappa shape index (κ2) is 6.66.